The third-order valence-electron chi connectivity index (χ3n) is 12.4. The van der Waals surface area contributed by atoms with Gasteiger partial charge in [-0.1, -0.05) is 108 Å². The first-order valence-electron chi connectivity index (χ1n) is 21.3. The molecule has 0 bridgehead atoms. The third-order valence-corrected chi connectivity index (χ3v) is 12.4. The number of pyridine rings is 1. The lowest BCUT2D eigenvalue weighted by Gasteiger charge is -2.46. The van der Waals surface area contributed by atoms with Gasteiger partial charge in [-0.25, -0.2) is 4.68 Å². The fourth-order valence-corrected chi connectivity index (χ4v) is 9.80. The molecule has 0 unspecified atom stereocenters. The zero-order valence-corrected chi connectivity index (χ0v) is 34.6. The van der Waals surface area contributed by atoms with Crippen molar-refractivity contribution in [2.45, 2.75) is 42.6 Å². The monoisotopic (exact) mass is 849 g/mol. The van der Waals surface area contributed by atoms with Crippen LogP contribution >= 0.6 is 0 Å². The number of anilines is 1. The minimum atomic E-state index is -1.69. The van der Waals surface area contributed by atoms with Crippen molar-refractivity contribution in [3.63, 3.8) is 0 Å². The van der Waals surface area contributed by atoms with Gasteiger partial charge in [0.25, 0.3) is 0 Å². The molecular formula is C51H43N7O6. The lowest BCUT2D eigenvalue weighted by Crippen LogP contribution is -2.55. The van der Waals surface area contributed by atoms with Crippen molar-refractivity contribution in [2.75, 3.05) is 25.1 Å². The molecule has 64 heavy (non-hydrogen) atoms. The van der Waals surface area contributed by atoms with Gasteiger partial charge in [-0.05, 0) is 76.9 Å². The number of fused-ring (bicyclic) bond motifs is 4. The number of ether oxygens (including phenoxy) is 2. The molecule has 0 saturated carbocycles. The Labute approximate surface area is 369 Å². The molecule has 13 heteroatoms. The van der Waals surface area contributed by atoms with Gasteiger partial charge in [0.05, 0.1) is 30.1 Å². The fourth-order valence-electron chi connectivity index (χ4n) is 9.80. The molecule has 5 aromatic carbocycles. The zero-order valence-electron chi connectivity index (χ0n) is 34.6. The van der Waals surface area contributed by atoms with E-state index in [1.54, 1.807) is 23.0 Å². The number of nitrogens with one attached hydrogen (secondary N) is 2. The van der Waals surface area contributed by atoms with E-state index in [4.69, 9.17) is 9.47 Å². The molecule has 2 amide bonds. The molecule has 10 rings (SSSR count). The minimum Gasteiger partial charge on any atom is -0.491 e. The number of aromatic nitrogens is 4. The molecule has 0 radical (unpaired) electrons. The van der Waals surface area contributed by atoms with Crippen LogP contribution < -0.4 is 15.4 Å². The number of nitrogens with zero attached hydrogens (tertiary/aromatic N) is 5. The highest BCUT2D eigenvalue weighted by molar-refractivity contribution is 6.12. The van der Waals surface area contributed by atoms with Crippen molar-refractivity contribution < 1.29 is 29.0 Å². The highest BCUT2D eigenvalue weighted by Gasteiger charge is 2.74. The Morgan fingerprint density at radius 3 is 2.36 bits per heavy atom. The van der Waals surface area contributed by atoms with Crippen LogP contribution in [0.5, 0.6) is 5.75 Å². The number of aliphatic hydroxyl groups excluding tert-OH is 1. The van der Waals surface area contributed by atoms with Gasteiger partial charge >= 0.3 is 5.97 Å². The van der Waals surface area contributed by atoms with Gasteiger partial charge in [0, 0.05) is 36.1 Å². The van der Waals surface area contributed by atoms with Crippen molar-refractivity contribution >= 4 is 34.5 Å². The van der Waals surface area contributed by atoms with Crippen LogP contribution in [-0.4, -0.2) is 73.6 Å². The molecule has 1 spiro atoms. The van der Waals surface area contributed by atoms with Crippen molar-refractivity contribution in [3.8, 4) is 17.6 Å². The number of para-hydroxylation sites is 1. The summed E-state index contributed by atoms with van der Waals surface area (Å²) in [6.07, 6.45) is 1.32. The molecule has 318 valence electrons. The van der Waals surface area contributed by atoms with E-state index in [1.807, 2.05) is 138 Å². The van der Waals surface area contributed by atoms with Gasteiger partial charge < -0.3 is 25.2 Å². The number of hydrogen-bond donors (Lipinski definition) is 3. The standard InChI is InChI=1S/C51H43N7O6/c59-30-31-63-38-23-21-36(22-24-38)47-51(39-32-33(20-25-40(39)54-50(51)62)12-11-29-57-42-19-8-7-18-41(42)55-56-57)43(48(60)53-28-26-37-17-9-10-27-52-37)45-49(61)64-46(35-15-5-2-6-16-35)44(58(45)47)34-13-3-1-4-14-34/h1-10,13-25,27,32,43-47,59H,26,28-31H2,(H,53,60)(H,54,62)/t43-,44-,45-,46+,47+,51-/m1/s1. The molecule has 6 atom stereocenters. The Morgan fingerprint density at radius 2 is 1.59 bits per heavy atom. The Morgan fingerprint density at radius 1 is 0.844 bits per heavy atom. The number of hydrogen-bond acceptors (Lipinski definition) is 10. The predicted octanol–water partition coefficient (Wildman–Crippen LogP) is 5.88. The fraction of sp³-hybridized carbons (Fsp3) is 0.216. The SMILES string of the molecule is O=C1O[C@@H](c2ccccc2)[C@@H](c2ccccc2)N2[C@@H](c3ccc(OCCO)cc3)[C@]3(C(=O)Nc4ccc(C#CCn5nnc6ccccc65)cc43)[C@@H](C(=O)NCCc3ccccn3)[C@H]12. The first-order chi connectivity index (χ1) is 31.4. The number of rotatable bonds is 11. The average molecular weight is 850 g/mol. The van der Waals surface area contributed by atoms with E-state index in [0.29, 0.717) is 34.5 Å². The van der Waals surface area contributed by atoms with Gasteiger partial charge in [-0.3, -0.25) is 24.3 Å². The van der Waals surface area contributed by atoms with E-state index in [0.717, 1.165) is 27.9 Å². The molecule has 5 heterocycles. The average Bonchev–Trinajstić information content (AvgIpc) is 3.99. The summed E-state index contributed by atoms with van der Waals surface area (Å²) in [6, 6.07) is 42.6. The van der Waals surface area contributed by atoms with Crippen molar-refractivity contribution in [2.24, 2.45) is 5.92 Å². The number of carbonyl (C=O) groups is 3. The summed E-state index contributed by atoms with van der Waals surface area (Å²) in [4.78, 5) is 52.5. The van der Waals surface area contributed by atoms with E-state index in [9.17, 15) is 5.11 Å². The molecule has 2 saturated heterocycles. The van der Waals surface area contributed by atoms with Crippen LogP contribution in [0.4, 0.5) is 5.69 Å². The Hall–Kier alpha value is -7.66. The van der Waals surface area contributed by atoms with Gasteiger partial charge in [-0.2, -0.15) is 0 Å². The van der Waals surface area contributed by atoms with Crippen molar-refractivity contribution in [1.82, 2.24) is 30.2 Å². The lowest BCUT2D eigenvalue weighted by atomic mass is 9.65. The van der Waals surface area contributed by atoms with Crippen LogP contribution in [0.3, 0.4) is 0 Å². The molecule has 3 aliphatic rings. The number of aliphatic hydroxyl groups is 1. The second-order valence-electron chi connectivity index (χ2n) is 16.0. The van der Waals surface area contributed by atoms with Crippen molar-refractivity contribution in [3.05, 3.63) is 185 Å². The van der Waals surface area contributed by atoms with E-state index in [-0.39, 0.29) is 26.3 Å². The van der Waals surface area contributed by atoms with Crippen LogP contribution in [0, 0.1) is 17.8 Å². The molecule has 2 aromatic heterocycles. The van der Waals surface area contributed by atoms with Crippen LogP contribution in [-0.2, 0) is 37.5 Å². The second kappa shape index (κ2) is 17.2. The van der Waals surface area contributed by atoms with E-state index in [2.05, 4.69) is 37.8 Å². The third kappa shape index (κ3) is 7.12. The Balaban J connectivity index is 1.16. The molecule has 3 N–H and O–H groups in total. The highest BCUT2D eigenvalue weighted by atomic mass is 16.6. The quantitative estimate of drug-likeness (QED) is 0.106. The van der Waals surface area contributed by atoms with Crippen LogP contribution in [0.1, 0.15) is 51.7 Å². The maximum absolute atomic E-state index is 15.5. The molecule has 0 aliphatic carbocycles. The van der Waals surface area contributed by atoms with Gasteiger partial charge in [0.2, 0.25) is 11.8 Å². The maximum Gasteiger partial charge on any atom is 0.324 e. The van der Waals surface area contributed by atoms with Crippen LogP contribution in [0.2, 0.25) is 0 Å². The number of morpholine rings is 1. The second-order valence-corrected chi connectivity index (χ2v) is 16.0. The highest BCUT2D eigenvalue weighted by Crippen LogP contribution is 2.64. The summed E-state index contributed by atoms with van der Waals surface area (Å²) in [5.41, 5.74) is 4.63. The number of esters is 1. The molecule has 2 fully saturated rings. The number of amides is 2. The van der Waals surface area contributed by atoms with E-state index >= 15 is 14.4 Å². The summed E-state index contributed by atoms with van der Waals surface area (Å²) < 4.78 is 14.1. The smallest absolute Gasteiger partial charge is 0.324 e. The first-order valence-corrected chi connectivity index (χ1v) is 21.3. The predicted molar refractivity (Wildman–Crippen MR) is 237 cm³/mol. The van der Waals surface area contributed by atoms with Gasteiger partial charge in [0.15, 0.2) is 0 Å². The molecule has 13 nitrogen and oxygen atoms in total. The summed E-state index contributed by atoms with van der Waals surface area (Å²) in [7, 11) is 0. The van der Waals surface area contributed by atoms with E-state index < -0.39 is 53.3 Å². The van der Waals surface area contributed by atoms with Crippen molar-refractivity contribution in [1.29, 1.82) is 0 Å². The molecular weight excluding hydrogens is 807 g/mol. The zero-order chi connectivity index (χ0) is 43.6. The molecule has 7 aromatic rings. The van der Waals surface area contributed by atoms with E-state index in [1.165, 1.54) is 0 Å². The summed E-state index contributed by atoms with van der Waals surface area (Å²) >= 11 is 0. The number of carbonyl (C=O) groups excluding carboxylic acids is 3. The summed E-state index contributed by atoms with van der Waals surface area (Å²) in [6.45, 7) is 0.391. The largest absolute Gasteiger partial charge is 0.491 e. The maximum atomic E-state index is 15.5. The minimum absolute atomic E-state index is 0.0923. The molecule has 3 aliphatic heterocycles. The van der Waals surface area contributed by atoms with Crippen LogP contribution in [0.15, 0.2) is 152 Å². The number of benzene rings is 5. The summed E-state index contributed by atoms with van der Waals surface area (Å²) in [5, 5.41) is 24.4. The normalized spacial score (nSPS) is 22.2. The van der Waals surface area contributed by atoms with Gasteiger partial charge in [-0.15, -0.1) is 5.10 Å². The summed E-state index contributed by atoms with van der Waals surface area (Å²) in [5.74, 6) is 4.22. The van der Waals surface area contributed by atoms with Gasteiger partial charge in [0.1, 0.15) is 42.0 Å². The lowest BCUT2D eigenvalue weighted by molar-refractivity contribution is -0.178. The van der Waals surface area contributed by atoms with Crippen LogP contribution in [0.25, 0.3) is 11.0 Å². The Kier molecular flexibility index (Phi) is 10.9. The number of cyclic esters (lactones) is 1. The Bertz CT molecular complexity index is 2900. The first kappa shape index (κ1) is 40.4. The topological polar surface area (TPSA) is 161 Å².